The summed E-state index contributed by atoms with van der Waals surface area (Å²) in [6, 6.07) is 5.69. The highest BCUT2D eigenvalue weighted by Gasteiger charge is 2.37. The number of aliphatic hydroxyl groups excluding tert-OH is 1. The first-order valence-electron chi connectivity index (χ1n) is 7.88. The Hall–Kier alpha value is -1.72. The van der Waals surface area contributed by atoms with E-state index in [0.29, 0.717) is 30.4 Å². The molecular weight excluding hydrogens is 280 g/mol. The third kappa shape index (κ3) is 2.66. The van der Waals surface area contributed by atoms with Gasteiger partial charge in [-0.1, -0.05) is 19.9 Å². The Morgan fingerprint density at radius 1 is 1.32 bits per heavy atom. The maximum absolute atomic E-state index is 12.3. The van der Waals surface area contributed by atoms with Crippen LogP contribution in [-0.4, -0.2) is 47.6 Å². The molecule has 22 heavy (non-hydrogen) atoms. The van der Waals surface area contributed by atoms with E-state index in [2.05, 4.69) is 13.8 Å². The summed E-state index contributed by atoms with van der Waals surface area (Å²) < 4.78 is 0. The van der Waals surface area contributed by atoms with Crippen molar-refractivity contribution < 1.29 is 14.7 Å². The van der Waals surface area contributed by atoms with Crippen LogP contribution in [0.15, 0.2) is 18.2 Å². The van der Waals surface area contributed by atoms with E-state index in [0.717, 1.165) is 24.9 Å². The number of benzene rings is 1. The Morgan fingerprint density at radius 3 is 2.77 bits per heavy atom. The number of nitrogens with zero attached hydrogens (tertiary/aromatic N) is 2. The van der Waals surface area contributed by atoms with Crippen LogP contribution in [0.4, 0.5) is 5.69 Å². The van der Waals surface area contributed by atoms with E-state index in [4.69, 9.17) is 0 Å². The Balaban J connectivity index is 1.85. The lowest BCUT2D eigenvalue weighted by atomic mass is 9.99. The number of Topliss-reactive ketones (excluding diaryl/α,β-unsaturated/α-hetero) is 1. The van der Waals surface area contributed by atoms with Gasteiger partial charge in [0.25, 0.3) is 5.78 Å². The van der Waals surface area contributed by atoms with Crippen LogP contribution >= 0.6 is 0 Å². The van der Waals surface area contributed by atoms with E-state index in [1.54, 1.807) is 4.90 Å². The second kappa shape index (κ2) is 5.82. The number of carbonyl (C=O) groups excluding carboxylic acids is 2. The molecule has 2 aliphatic heterocycles. The fourth-order valence-electron chi connectivity index (χ4n) is 3.18. The molecule has 3 rings (SSSR count). The quantitative estimate of drug-likeness (QED) is 0.864. The minimum absolute atomic E-state index is 0.319. The topological polar surface area (TPSA) is 60.9 Å². The van der Waals surface area contributed by atoms with Crippen molar-refractivity contribution >= 4 is 17.4 Å². The SMILES string of the molecule is CC(C)c1ccc2c(c1)C(=O)C(=O)N2CN1CCC[C@@H](O)C1. The first-order valence-corrected chi connectivity index (χ1v) is 7.88. The van der Waals surface area contributed by atoms with Crippen molar-refractivity contribution in [2.45, 2.75) is 38.7 Å². The first kappa shape index (κ1) is 15.2. The number of aliphatic hydroxyl groups is 1. The average molecular weight is 302 g/mol. The molecule has 1 aromatic carbocycles. The third-order valence-corrected chi connectivity index (χ3v) is 4.48. The molecule has 5 heteroatoms. The van der Waals surface area contributed by atoms with Gasteiger partial charge in [0.2, 0.25) is 0 Å². The number of hydrogen-bond donors (Lipinski definition) is 1. The van der Waals surface area contributed by atoms with Crippen LogP contribution in [0.3, 0.4) is 0 Å². The molecule has 0 unspecified atom stereocenters. The van der Waals surface area contributed by atoms with Crippen molar-refractivity contribution in [3.8, 4) is 0 Å². The summed E-state index contributed by atoms with van der Waals surface area (Å²) in [7, 11) is 0. The summed E-state index contributed by atoms with van der Waals surface area (Å²) in [4.78, 5) is 28.1. The van der Waals surface area contributed by atoms with Crippen molar-refractivity contribution in [1.29, 1.82) is 0 Å². The number of carbonyl (C=O) groups is 2. The van der Waals surface area contributed by atoms with E-state index in [-0.39, 0.29) is 6.10 Å². The number of hydrogen-bond acceptors (Lipinski definition) is 4. The smallest absolute Gasteiger partial charge is 0.300 e. The van der Waals surface area contributed by atoms with Gasteiger partial charge in [-0.25, -0.2) is 0 Å². The monoisotopic (exact) mass is 302 g/mol. The second-order valence-electron chi connectivity index (χ2n) is 6.51. The number of likely N-dealkylation sites (tertiary alicyclic amines) is 1. The number of anilines is 1. The lowest BCUT2D eigenvalue weighted by Crippen LogP contribution is -2.46. The lowest BCUT2D eigenvalue weighted by Gasteiger charge is -2.33. The summed E-state index contributed by atoms with van der Waals surface area (Å²) in [5, 5.41) is 9.75. The highest BCUT2D eigenvalue weighted by molar-refractivity contribution is 6.52. The van der Waals surface area contributed by atoms with Crippen LogP contribution in [0.25, 0.3) is 0 Å². The molecule has 2 aliphatic rings. The van der Waals surface area contributed by atoms with Crippen molar-refractivity contribution in [2.75, 3.05) is 24.7 Å². The molecule has 0 radical (unpaired) electrons. The van der Waals surface area contributed by atoms with Crippen molar-refractivity contribution in [3.05, 3.63) is 29.3 Å². The molecule has 0 aromatic heterocycles. The first-order chi connectivity index (χ1) is 10.5. The summed E-state index contributed by atoms with van der Waals surface area (Å²) >= 11 is 0. The molecule has 1 saturated heterocycles. The Morgan fingerprint density at radius 2 is 2.09 bits per heavy atom. The predicted octanol–water partition coefficient (Wildman–Crippen LogP) is 1.75. The fraction of sp³-hybridized carbons (Fsp3) is 0.529. The molecule has 1 atom stereocenters. The van der Waals surface area contributed by atoms with Crippen LogP contribution in [0, 0.1) is 0 Å². The zero-order valence-corrected chi connectivity index (χ0v) is 13.1. The van der Waals surface area contributed by atoms with Crippen LogP contribution in [0.2, 0.25) is 0 Å². The Kier molecular flexibility index (Phi) is 4.02. The Bertz CT molecular complexity index is 612. The average Bonchev–Trinajstić information content (AvgIpc) is 2.72. The number of β-amino-alcohol motifs (C(OH)–C–C–N with tert-alkyl or cyclic N) is 1. The maximum atomic E-state index is 12.3. The standard InChI is InChI=1S/C17H22N2O3/c1-11(2)12-5-6-15-14(8-12)16(21)17(22)19(15)10-18-7-3-4-13(20)9-18/h5-6,8,11,13,20H,3-4,7,9-10H2,1-2H3/t13-/m1/s1. The minimum atomic E-state index is -0.462. The molecule has 0 spiro atoms. The molecular formula is C17H22N2O3. The van der Waals surface area contributed by atoms with Gasteiger partial charge < -0.3 is 5.11 Å². The van der Waals surface area contributed by atoms with Gasteiger partial charge in [-0.15, -0.1) is 0 Å². The van der Waals surface area contributed by atoms with Crippen molar-refractivity contribution in [3.63, 3.8) is 0 Å². The molecule has 1 aromatic rings. The van der Waals surface area contributed by atoms with E-state index >= 15 is 0 Å². The van der Waals surface area contributed by atoms with E-state index < -0.39 is 11.7 Å². The normalized spacial score (nSPS) is 22.5. The zero-order valence-electron chi connectivity index (χ0n) is 13.1. The number of fused-ring (bicyclic) bond motifs is 1. The molecule has 2 heterocycles. The summed E-state index contributed by atoms with van der Waals surface area (Å²) in [5.74, 6) is -0.564. The summed E-state index contributed by atoms with van der Waals surface area (Å²) in [5.41, 5.74) is 2.27. The van der Waals surface area contributed by atoms with Gasteiger partial charge in [-0.2, -0.15) is 0 Å². The number of piperidine rings is 1. The predicted molar refractivity (Wildman–Crippen MR) is 84.0 cm³/mol. The van der Waals surface area contributed by atoms with Crippen molar-refractivity contribution in [2.24, 2.45) is 0 Å². The van der Waals surface area contributed by atoms with Gasteiger partial charge in [0, 0.05) is 13.1 Å². The number of rotatable bonds is 3. The highest BCUT2D eigenvalue weighted by atomic mass is 16.3. The number of amides is 1. The van der Waals surface area contributed by atoms with E-state index in [1.807, 2.05) is 23.1 Å². The minimum Gasteiger partial charge on any atom is -0.392 e. The summed E-state index contributed by atoms with van der Waals surface area (Å²) in [6.45, 7) is 5.90. The van der Waals surface area contributed by atoms with Gasteiger partial charge in [0.05, 0.1) is 24.0 Å². The Labute approximate surface area is 130 Å². The number of ketones is 1. The maximum Gasteiger partial charge on any atom is 0.300 e. The van der Waals surface area contributed by atoms with Crippen LogP contribution in [0.5, 0.6) is 0 Å². The second-order valence-corrected chi connectivity index (χ2v) is 6.51. The van der Waals surface area contributed by atoms with Gasteiger partial charge in [0.1, 0.15) is 0 Å². The molecule has 1 amide bonds. The molecule has 0 aliphatic carbocycles. The van der Waals surface area contributed by atoms with E-state index in [1.165, 1.54) is 0 Å². The van der Waals surface area contributed by atoms with Gasteiger partial charge in [-0.3, -0.25) is 19.4 Å². The van der Waals surface area contributed by atoms with Gasteiger partial charge in [0.15, 0.2) is 0 Å². The molecule has 118 valence electrons. The van der Waals surface area contributed by atoms with Crippen LogP contribution in [0.1, 0.15) is 48.5 Å². The molecule has 0 saturated carbocycles. The van der Waals surface area contributed by atoms with Gasteiger partial charge >= 0.3 is 5.91 Å². The third-order valence-electron chi connectivity index (χ3n) is 4.48. The molecule has 5 nitrogen and oxygen atoms in total. The van der Waals surface area contributed by atoms with Gasteiger partial charge in [-0.05, 0) is 36.5 Å². The van der Waals surface area contributed by atoms with Crippen LogP contribution in [-0.2, 0) is 4.79 Å². The molecule has 1 N–H and O–H groups in total. The molecule has 1 fully saturated rings. The molecule has 0 bridgehead atoms. The van der Waals surface area contributed by atoms with Crippen molar-refractivity contribution in [1.82, 2.24) is 4.90 Å². The summed E-state index contributed by atoms with van der Waals surface area (Å²) in [6.07, 6.45) is 1.37. The fourth-order valence-corrected chi connectivity index (χ4v) is 3.18. The largest absolute Gasteiger partial charge is 0.392 e. The highest BCUT2D eigenvalue weighted by Crippen LogP contribution is 2.32. The van der Waals surface area contributed by atoms with Crippen LogP contribution < -0.4 is 4.90 Å². The zero-order chi connectivity index (χ0) is 15.9. The van der Waals surface area contributed by atoms with E-state index in [9.17, 15) is 14.7 Å². The lowest BCUT2D eigenvalue weighted by molar-refractivity contribution is -0.114.